The summed E-state index contributed by atoms with van der Waals surface area (Å²) in [5.41, 5.74) is 0. The van der Waals surface area contributed by atoms with E-state index in [0.29, 0.717) is 12.1 Å². The summed E-state index contributed by atoms with van der Waals surface area (Å²) in [6.45, 7) is 5.50. The molecule has 2 N–H and O–H groups in total. The van der Waals surface area contributed by atoms with Crippen molar-refractivity contribution in [1.29, 1.82) is 0 Å². The molecule has 0 aromatic heterocycles. The van der Waals surface area contributed by atoms with Gasteiger partial charge in [-0.25, -0.2) is 0 Å². The number of nitrogens with one attached hydrogen (secondary N) is 2. The van der Waals surface area contributed by atoms with E-state index in [9.17, 15) is 0 Å². The maximum absolute atomic E-state index is 4.34. The number of hydrogen-bond donors (Lipinski definition) is 2. The van der Waals surface area contributed by atoms with E-state index >= 15 is 0 Å². The largest absolute Gasteiger partial charge is 0.355 e. The molecular formula is C16H32N4. The molecule has 0 fully saturated rings. The van der Waals surface area contributed by atoms with E-state index in [1.807, 2.05) is 7.05 Å². The van der Waals surface area contributed by atoms with Gasteiger partial charge < -0.3 is 15.5 Å². The first-order chi connectivity index (χ1) is 9.62. The van der Waals surface area contributed by atoms with Crippen molar-refractivity contribution in [3.63, 3.8) is 0 Å². The first kappa shape index (κ1) is 17.0. The molecule has 20 heavy (non-hydrogen) atoms. The van der Waals surface area contributed by atoms with Crippen LogP contribution in [-0.2, 0) is 0 Å². The molecule has 1 unspecified atom stereocenters. The van der Waals surface area contributed by atoms with Crippen molar-refractivity contribution in [3.8, 4) is 0 Å². The summed E-state index contributed by atoms with van der Waals surface area (Å²) in [4.78, 5) is 6.67. The number of aliphatic imine (C=N–C) groups is 1. The zero-order chi connectivity index (χ0) is 15.0. The number of hydrogen-bond acceptors (Lipinski definition) is 2. The summed E-state index contributed by atoms with van der Waals surface area (Å²) in [7, 11) is 6.18. The van der Waals surface area contributed by atoms with Crippen LogP contribution >= 0.6 is 0 Å². The Morgan fingerprint density at radius 2 is 1.85 bits per heavy atom. The minimum Gasteiger partial charge on any atom is -0.355 e. The van der Waals surface area contributed by atoms with E-state index < -0.39 is 0 Å². The zero-order valence-corrected chi connectivity index (χ0v) is 13.8. The third kappa shape index (κ3) is 5.16. The van der Waals surface area contributed by atoms with Crippen molar-refractivity contribution in [1.82, 2.24) is 15.5 Å². The smallest absolute Gasteiger partial charge is 0.191 e. The summed E-state index contributed by atoms with van der Waals surface area (Å²) >= 11 is 0. The monoisotopic (exact) mass is 280 g/mol. The highest BCUT2D eigenvalue weighted by Gasteiger charge is 2.21. The van der Waals surface area contributed by atoms with Crippen LogP contribution in [0.15, 0.2) is 17.1 Å². The highest BCUT2D eigenvalue weighted by molar-refractivity contribution is 5.80. The van der Waals surface area contributed by atoms with E-state index in [1.165, 1.54) is 12.8 Å². The van der Waals surface area contributed by atoms with Gasteiger partial charge in [0.25, 0.3) is 0 Å². The van der Waals surface area contributed by atoms with Gasteiger partial charge in [0, 0.05) is 25.7 Å². The van der Waals surface area contributed by atoms with Gasteiger partial charge in [-0.2, -0.15) is 0 Å². The van der Waals surface area contributed by atoms with Gasteiger partial charge in [0.2, 0.25) is 0 Å². The molecule has 0 amide bonds. The Bertz CT molecular complexity index is 310. The minimum atomic E-state index is 0.507. The number of guanidine groups is 1. The molecule has 0 aromatic carbocycles. The maximum Gasteiger partial charge on any atom is 0.191 e. The third-order valence-electron chi connectivity index (χ3n) is 4.31. The van der Waals surface area contributed by atoms with Crippen LogP contribution in [0.25, 0.3) is 0 Å². The second-order valence-corrected chi connectivity index (χ2v) is 5.84. The normalized spacial score (nSPS) is 18.1. The first-order valence-electron chi connectivity index (χ1n) is 7.90. The molecule has 1 rings (SSSR count). The van der Waals surface area contributed by atoms with Crippen molar-refractivity contribution in [2.75, 3.05) is 27.7 Å². The van der Waals surface area contributed by atoms with Crippen LogP contribution in [0.3, 0.4) is 0 Å². The number of nitrogens with zero attached hydrogens (tertiary/aromatic N) is 2. The van der Waals surface area contributed by atoms with Gasteiger partial charge in [0.15, 0.2) is 5.96 Å². The Kier molecular flexibility index (Phi) is 7.67. The highest BCUT2D eigenvalue weighted by Crippen LogP contribution is 2.16. The molecule has 4 nitrogen and oxygen atoms in total. The van der Waals surface area contributed by atoms with Gasteiger partial charge in [-0.1, -0.05) is 38.8 Å². The Hall–Kier alpha value is -1.03. The van der Waals surface area contributed by atoms with E-state index in [1.54, 1.807) is 0 Å². The van der Waals surface area contributed by atoms with Crippen molar-refractivity contribution in [3.05, 3.63) is 12.2 Å². The van der Waals surface area contributed by atoms with Crippen molar-refractivity contribution in [2.45, 2.75) is 51.6 Å². The second kappa shape index (κ2) is 9.01. The van der Waals surface area contributed by atoms with Crippen LogP contribution in [-0.4, -0.2) is 50.6 Å². The maximum atomic E-state index is 4.34. The van der Waals surface area contributed by atoms with Crippen LogP contribution in [0.5, 0.6) is 0 Å². The molecule has 0 saturated heterocycles. The molecule has 0 spiro atoms. The first-order valence-corrected chi connectivity index (χ1v) is 7.90. The zero-order valence-electron chi connectivity index (χ0n) is 13.8. The van der Waals surface area contributed by atoms with Crippen LogP contribution in [0, 0.1) is 5.92 Å². The third-order valence-corrected chi connectivity index (χ3v) is 4.31. The molecule has 0 aromatic rings. The van der Waals surface area contributed by atoms with Gasteiger partial charge in [-0.3, -0.25) is 4.99 Å². The van der Waals surface area contributed by atoms with Gasteiger partial charge in [-0.15, -0.1) is 0 Å². The van der Waals surface area contributed by atoms with E-state index in [-0.39, 0.29) is 0 Å². The molecule has 0 bridgehead atoms. The fraction of sp³-hybridized carbons (Fsp3) is 0.812. The average Bonchev–Trinajstić information content (AvgIpc) is 2.94. The lowest BCUT2D eigenvalue weighted by Gasteiger charge is -2.32. The predicted octanol–water partition coefficient (Wildman–Crippen LogP) is 2.24. The quantitative estimate of drug-likeness (QED) is 0.427. The molecule has 1 atom stereocenters. The Morgan fingerprint density at radius 1 is 1.25 bits per heavy atom. The molecule has 0 saturated carbocycles. The van der Waals surface area contributed by atoms with E-state index in [4.69, 9.17) is 0 Å². The van der Waals surface area contributed by atoms with Crippen molar-refractivity contribution >= 4 is 5.96 Å². The summed E-state index contributed by atoms with van der Waals surface area (Å²) < 4.78 is 0. The lowest BCUT2D eigenvalue weighted by Crippen LogP contribution is -2.49. The fourth-order valence-corrected chi connectivity index (χ4v) is 2.93. The number of rotatable bonds is 7. The van der Waals surface area contributed by atoms with Crippen LogP contribution in [0.4, 0.5) is 0 Å². The molecule has 0 heterocycles. The highest BCUT2D eigenvalue weighted by atomic mass is 15.2. The van der Waals surface area contributed by atoms with Gasteiger partial charge in [-0.05, 0) is 32.9 Å². The van der Waals surface area contributed by atoms with Gasteiger partial charge >= 0.3 is 0 Å². The summed E-state index contributed by atoms with van der Waals surface area (Å²) in [6, 6.07) is 1.05. The molecule has 0 aliphatic heterocycles. The van der Waals surface area contributed by atoms with Crippen molar-refractivity contribution in [2.24, 2.45) is 10.9 Å². The van der Waals surface area contributed by atoms with Crippen LogP contribution in [0.1, 0.15) is 39.5 Å². The fourth-order valence-electron chi connectivity index (χ4n) is 2.93. The summed E-state index contributed by atoms with van der Waals surface area (Å²) in [5.74, 6) is 1.65. The average molecular weight is 280 g/mol. The topological polar surface area (TPSA) is 39.7 Å². The second-order valence-electron chi connectivity index (χ2n) is 5.84. The van der Waals surface area contributed by atoms with Gasteiger partial charge in [0.05, 0.1) is 0 Å². The summed E-state index contributed by atoms with van der Waals surface area (Å²) in [5, 5.41) is 6.99. The van der Waals surface area contributed by atoms with Crippen molar-refractivity contribution < 1.29 is 0 Å². The molecular weight excluding hydrogens is 248 g/mol. The molecule has 4 heteroatoms. The van der Waals surface area contributed by atoms with Crippen LogP contribution in [0.2, 0.25) is 0 Å². The summed E-state index contributed by atoms with van der Waals surface area (Å²) in [6.07, 6.45) is 9.11. The van der Waals surface area contributed by atoms with Gasteiger partial charge in [0.1, 0.15) is 0 Å². The molecule has 116 valence electrons. The number of likely N-dealkylation sites (N-methyl/N-ethyl adjacent to an activating group) is 1. The molecule has 0 radical (unpaired) electrons. The molecule has 1 aliphatic carbocycles. The Morgan fingerprint density at radius 3 is 2.30 bits per heavy atom. The minimum absolute atomic E-state index is 0.507. The van der Waals surface area contributed by atoms with E-state index in [2.05, 4.69) is 60.6 Å². The molecule has 1 aliphatic rings. The lowest BCUT2D eigenvalue weighted by molar-refractivity contribution is 0.200. The Balaban J connectivity index is 2.47. The lowest BCUT2D eigenvalue weighted by atomic mass is 9.93. The Labute approximate surface area is 124 Å². The van der Waals surface area contributed by atoms with Crippen LogP contribution < -0.4 is 10.6 Å². The van der Waals surface area contributed by atoms with E-state index in [0.717, 1.165) is 31.3 Å². The SMILES string of the molecule is CCC(CC)C(CNC(=NC)NC1CC=CC1)N(C)C. The predicted molar refractivity (Wildman–Crippen MR) is 88.2 cm³/mol. The standard InChI is InChI=1S/C16H32N4/c1-6-13(7-2)15(20(4)5)12-18-16(17-3)19-14-10-8-9-11-14/h8-9,13-15H,6-7,10-12H2,1-5H3,(H2,17,18,19).